The van der Waals surface area contributed by atoms with Gasteiger partial charge in [-0.15, -0.1) is 0 Å². The molecular formula is C24H24IN3O4. The molecule has 8 heteroatoms. The predicted molar refractivity (Wildman–Crippen MR) is 131 cm³/mol. The summed E-state index contributed by atoms with van der Waals surface area (Å²) in [5.74, 6) is 1.11. The SMILES string of the molecule is COC(=O)COc1ccc(C=Nn2c(C3CCCCC3)nc3ccccc3c2=O)cc1I. The summed E-state index contributed by atoms with van der Waals surface area (Å²) in [6, 6.07) is 12.9. The standard InChI is InChI=1S/C24H24IN3O4/c1-31-22(29)15-32-21-12-11-16(13-19(21)25)14-26-28-23(17-7-3-2-4-8-17)27-20-10-6-5-9-18(20)24(28)30/h5-6,9-14,17H,2-4,7-8,15H2,1H3. The fourth-order valence-electron chi connectivity index (χ4n) is 3.91. The number of nitrogens with zero attached hydrogens (tertiary/aromatic N) is 3. The minimum absolute atomic E-state index is 0.150. The van der Waals surface area contributed by atoms with E-state index in [4.69, 9.17) is 9.72 Å². The van der Waals surface area contributed by atoms with E-state index in [-0.39, 0.29) is 18.1 Å². The van der Waals surface area contributed by atoms with E-state index in [1.165, 1.54) is 18.2 Å². The molecule has 0 unspecified atom stereocenters. The number of halogens is 1. The van der Waals surface area contributed by atoms with Crippen LogP contribution in [0, 0.1) is 3.57 Å². The van der Waals surface area contributed by atoms with E-state index < -0.39 is 5.97 Å². The van der Waals surface area contributed by atoms with Gasteiger partial charge in [-0.1, -0.05) is 31.4 Å². The molecule has 0 radical (unpaired) electrons. The summed E-state index contributed by atoms with van der Waals surface area (Å²) in [6.45, 7) is -0.150. The lowest BCUT2D eigenvalue weighted by Crippen LogP contribution is -2.25. The van der Waals surface area contributed by atoms with Crippen LogP contribution in [0.4, 0.5) is 0 Å². The van der Waals surface area contributed by atoms with E-state index in [0.29, 0.717) is 16.7 Å². The van der Waals surface area contributed by atoms with Gasteiger partial charge in [0.1, 0.15) is 11.6 Å². The molecule has 166 valence electrons. The number of methoxy groups -OCH3 is 1. The van der Waals surface area contributed by atoms with Gasteiger partial charge in [-0.3, -0.25) is 4.79 Å². The van der Waals surface area contributed by atoms with Gasteiger partial charge >= 0.3 is 5.97 Å². The van der Waals surface area contributed by atoms with Crippen molar-refractivity contribution in [3.8, 4) is 5.75 Å². The molecule has 0 spiro atoms. The monoisotopic (exact) mass is 545 g/mol. The summed E-state index contributed by atoms with van der Waals surface area (Å²) in [7, 11) is 1.32. The van der Waals surface area contributed by atoms with E-state index in [1.54, 1.807) is 18.3 Å². The van der Waals surface area contributed by atoms with Crippen molar-refractivity contribution in [3.05, 3.63) is 67.8 Å². The fourth-order valence-corrected chi connectivity index (χ4v) is 4.61. The Morgan fingerprint density at radius 1 is 1.22 bits per heavy atom. The van der Waals surface area contributed by atoms with Crippen LogP contribution in [0.2, 0.25) is 0 Å². The molecule has 1 saturated carbocycles. The highest BCUT2D eigenvalue weighted by Gasteiger charge is 2.22. The molecule has 7 nitrogen and oxygen atoms in total. The second kappa shape index (κ2) is 10.2. The quantitative estimate of drug-likeness (QED) is 0.259. The zero-order valence-corrected chi connectivity index (χ0v) is 19.9. The molecule has 1 aromatic heterocycles. The lowest BCUT2D eigenvalue weighted by atomic mass is 9.88. The minimum atomic E-state index is -0.440. The molecule has 2 aromatic carbocycles. The zero-order valence-electron chi connectivity index (χ0n) is 17.8. The zero-order chi connectivity index (χ0) is 22.5. The van der Waals surface area contributed by atoms with Gasteiger partial charge in [-0.2, -0.15) is 9.78 Å². The number of carbonyl (C=O) groups is 1. The van der Waals surface area contributed by atoms with Crippen LogP contribution in [0.5, 0.6) is 5.75 Å². The second-order valence-corrected chi connectivity index (χ2v) is 8.90. The van der Waals surface area contributed by atoms with Crippen molar-refractivity contribution in [2.45, 2.75) is 38.0 Å². The highest BCUT2D eigenvalue weighted by molar-refractivity contribution is 14.1. The van der Waals surface area contributed by atoms with Gasteiger partial charge < -0.3 is 9.47 Å². The number of aromatic nitrogens is 2. The Bertz CT molecular complexity index is 1220. The lowest BCUT2D eigenvalue weighted by Gasteiger charge is -2.22. The topological polar surface area (TPSA) is 82.8 Å². The van der Waals surface area contributed by atoms with Gasteiger partial charge in [-0.05, 0) is 71.3 Å². The average molecular weight is 545 g/mol. The van der Waals surface area contributed by atoms with E-state index in [2.05, 4.69) is 32.4 Å². The molecule has 0 amide bonds. The average Bonchev–Trinajstić information content (AvgIpc) is 2.83. The van der Waals surface area contributed by atoms with Crippen LogP contribution < -0.4 is 10.3 Å². The summed E-state index contributed by atoms with van der Waals surface area (Å²) in [5, 5.41) is 5.12. The first-order chi connectivity index (χ1) is 15.6. The Kier molecular flexibility index (Phi) is 7.19. The van der Waals surface area contributed by atoms with Crippen LogP contribution in [0.25, 0.3) is 10.9 Å². The third kappa shape index (κ3) is 5.01. The summed E-state index contributed by atoms with van der Waals surface area (Å²) in [6.07, 6.45) is 7.20. The smallest absolute Gasteiger partial charge is 0.343 e. The van der Waals surface area contributed by atoms with Crippen LogP contribution in [-0.4, -0.2) is 35.6 Å². The van der Waals surface area contributed by atoms with E-state index >= 15 is 0 Å². The van der Waals surface area contributed by atoms with Crippen molar-refractivity contribution in [3.63, 3.8) is 0 Å². The summed E-state index contributed by atoms with van der Waals surface area (Å²) in [5.41, 5.74) is 1.38. The van der Waals surface area contributed by atoms with Gasteiger partial charge in [0.2, 0.25) is 0 Å². The molecular weight excluding hydrogens is 521 g/mol. The maximum atomic E-state index is 13.3. The summed E-state index contributed by atoms with van der Waals surface area (Å²) >= 11 is 2.14. The Morgan fingerprint density at radius 3 is 2.75 bits per heavy atom. The minimum Gasteiger partial charge on any atom is -0.481 e. The van der Waals surface area contributed by atoms with Crippen molar-refractivity contribution in [1.29, 1.82) is 0 Å². The number of rotatable bonds is 6. The predicted octanol–water partition coefficient (Wildman–Crippen LogP) is 4.48. The van der Waals surface area contributed by atoms with Crippen molar-refractivity contribution in [1.82, 2.24) is 9.66 Å². The molecule has 1 aliphatic rings. The molecule has 0 atom stereocenters. The fraction of sp³-hybridized carbons (Fsp3) is 0.333. The maximum absolute atomic E-state index is 13.3. The molecule has 1 aliphatic carbocycles. The Labute approximate surface area is 199 Å². The number of carbonyl (C=O) groups excluding carboxylic acids is 1. The third-order valence-electron chi connectivity index (χ3n) is 5.60. The molecule has 0 N–H and O–H groups in total. The van der Waals surface area contributed by atoms with Gasteiger partial charge in [0.25, 0.3) is 5.56 Å². The van der Waals surface area contributed by atoms with Crippen LogP contribution >= 0.6 is 22.6 Å². The number of hydrogen-bond donors (Lipinski definition) is 0. The van der Waals surface area contributed by atoms with Gasteiger partial charge in [0, 0.05) is 5.92 Å². The third-order valence-corrected chi connectivity index (χ3v) is 6.44. The normalized spacial score (nSPS) is 14.7. The number of benzene rings is 2. The molecule has 32 heavy (non-hydrogen) atoms. The van der Waals surface area contributed by atoms with E-state index in [9.17, 15) is 9.59 Å². The molecule has 0 aliphatic heterocycles. The highest BCUT2D eigenvalue weighted by atomic mass is 127. The van der Waals surface area contributed by atoms with Crippen molar-refractivity contribution >= 4 is 45.7 Å². The largest absolute Gasteiger partial charge is 0.481 e. The number of hydrogen-bond acceptors (Lipinski definition) is 6. The molecule has 1 heterocycles. The summed E-state index contributed by atoms with van der Waals surface area (Å²) in [4.78, 5) is 29.4. The molecule has 0 bridgehead atoms. The van der Waals surface area contributed by atoms with Gasteiger partial charge in [0.15, 0.2) is 6.61 Å². The molecule has 0 saturated heterocycles. The van der Waals surface area contributed by atoms with Crippen molar-refractivity contribution in [2.75, 3.05) is 13.7 Å². The summed E-state index contributed by atoms with van der Waals surface area (Å²) < 4.78 is 12.4. The van der Waals surface area contributed by atoms with E-state index in [0.717, 1.165) is 40.6 Å². The van der Waals surface area contributed by atoms with Crippen molar-refractivity contribution < 1.29 is 14.3 Å². The number of esters is 1. The van der Waals surface area contributed by atoms with Crippen LogP contribution in [0.1, 0.15) is 49.4 Å². The molecule has 1 fully saturated rings. The Balaban J connectivity index is 1.67. The van der Waals surface area contributed by atoms with Gasteiger partial charge in [0.05, 0.1) is 27.8 Å². The Morgan fingerprint density at radius 2 is 2.00 bits per heavy atom. The van der Waals surface area contributed by atoms with E-state index in [1.807, 2.05) is 30.3 Å². The highest BCUT2D eigenvalue weighted by Crippen LogP contribution is 2.31. The number of fused-ring (bicyclic) bond motifs is 1. The van der Waals surface area contributed by atoms with Crippen LogP contribution in [0.3, 0.4) is 0 Å². The van der Waals surface area contributed by atoms with Crippen LogP contribution in [0.15, 0.2) is 52.4 Å². The lowest BCUT2D eigenvalue weighted by molar-refractivity contribution is -0.142. The number of ether oxygens (including phenoxy) is 2. The first-order valence-corrected chi connectivity index (χ1v) is 11.7. The Hall–Kier alpha value is -2.75. The van der Waals surface area contributed by atoms with Crippen molar-refractivity contribution in [2.24, 2.45) is 5.10 Å². The van der Waals surface area contributed by atoms with Gasteiger partial charge in [-0.25, -0.2) is 9.78 Å². The van der Waals surface area contributed by atoms with Crippen LogP contribution in [-0.2, 0) is 9.53 Å². The maximum Gasteiger partial charge on any atom is 0.343 e. The first kappa shape index (κ1) is 22.4. The molecule has 4 rings (SSSR count). The molecule has 3 aromatic rings. The second-order valence-electron chi connectivity index (χ2n) is 7.74. The first-order valence-electron chi connectivity index (χ1n) is 10.6. The number of para-hydroxylation sites is 1.